The number of rotatable bonds is 7. The van der Waals surface area contributed by atoms with Crippen molar-refractivity contribution in [3.05, 3.63) is 94.2 Å². The van der Waals surface area contributed by atoms with Gasteiger partial charge in [-0.15, -0.1) is 10.2 Å². The number of aliphatic imine (C=N–C) groups is 1. The minimum Gasteiger partial charge on any atom is -0.469 e. The Bertz CT molecular complexity index is 1380. The number of nitrogens with zero attached hydrogens (tertiary/aromatic N) is 6. The van der Waals surface area contributed by atoms with E-state index in [1.165, 1.54) is 7.11 Å². The van der Waals surface area contributed by atoms with Crippen LogP contribution in [-0.4, -0.2) is 43.5 Å². The normalized spacial score (nSPS) is 14.5. The summed E-state index contributed by atoms with van der Waals surface area (Å²) in [4.78, 5) is 25.7. The number of pyridine rings is 2. The van der Waals surface area contributed by atoms with Gasteiger partial charge < -0.3 is 4.74 Å². The third kappa shape index (κ3) is 5.03. The van der Waals surface area contributed by atoms with Crippen molar-refractivity contribution in [2.75, 3.05) is 7.11 Å². The van der Waals surface area contributed by atoms with Crippen molar-refractivity contribution >= 4 is 39.4 Å². The Kier molecular flexibility index (Phi) is 7.01. The highest BCUT2D eigenvalue weighted by Gasteiger charge is 2.30. The molecule has 1 atom stereocenters. The van der Waals surface area contributed by atoms with Crippen LogP contribution < -0.4 is 0 Å². The molecule has 1 aliphatic heterocycles. The fourth-order valence-electron chi connectivity index (χ4n) is 3.88. The van der Waals surface area contributed by atoms with Crippen molar-refractivity contribution in [3.63, 3.8) is 0 Å². The second kappa shape index (κ2) is 10.5. The molecule has 0 saturated carbocycles. The Labute approximate surface area is 215 Å². The van der Waals surface area contributed by atoms with E-state index in [2.05, 4.69) is 40.7 Å². The van der Waals surface area contributed by atoms with Gasteiger partial charge in [0.25, 0.3) is 0 Å². The molecule has 0 radical (unpaired) electrons. The van der Waals surface area contributed by atoms with Gasteiger partial charge in [0.05, 0.1) is 24.2 Å². The second-order valence-electron chi connectivity index (χ2n) is 7.81. The van der Waals surface area contributed by atoms with E-state index in [-0.39, 0.29) is 12.4 Å². The molecular formula is C25H21BrN6O2S. The van der Waals surface area contributed by atoms with Crippen molar-refractivity contribution < 1.29 is 9.53 Å². The average Bonchev–Trinajstić information content (AvgIpc) is 3.26. The highest BCUT2D eigenvalue weighted by Crippen LogP contribution is 2.36. The van der Waals surface area contributed by atoms with Crippen molar-refractivity contribution in [2.45, 2.75) is 29.8 Å². The highest BCUT2D eigenvalue weighted by atomic mass is 79.9. The van der Waals surface area contributed by atoms with Crippen LogP contribution in [0.2, 0.25) is 0 Å². The molecule has 5 rings (SSSR count). The van der Waals surface area contributed by atoms with Gasteiger partial charge in [0.2, 0.25) is 0 Å². The second-order valence-corrected chi connectivity index (χ2v) is 9.66. The van der Waals surface area contributed by atoms with Crippen LogP contribution in [0.4, 0.5) is 0 Å². The van der Waals surface area contributed by atoms with E-state index in [4.69, 9.17) is 9.73 Å². The lowest BCUT2D eigenvalue weighted by Gasteiger charge is -2.14. The van der Waals surface area contributed by atoms with Crippen molar-refractivity contribution in [1.29, 1.82) is 0 Å². The first kappa shape index (κ1) is 23.4. The standard InChI is InChI=1S/C25H21BrN6O2S/c1-34-22(33)8-6-20-24-30-31-25(35-15-16-9-12-27-13-10-16)32(24)21-7-5-17(26)14-18(21)23(29-20)19-4-2-3-11-28-19/h2-5,7,9-14,20H,6,8,15H2,1H3/t20-/m0/s1. The lowest BCUT2D eigenvalue weighted by molar-refractivity contribution is -0.140. The number of benzene rings is 1. The van der Waals surface area contributed by atoms with Gasteiger partial charge in [-0.1, -0.05) is 33.8 Å². The number of ether oxygens (including phenoxy) is 1. The molecule has 35 heavy (non-hydrogen) atoms. The van der Waals surface area contributed by atoms with Crippen molar-refractivity contribution in [1.82, 2.24) is 24.7 Å². The van der Waals surface area contributed by atoms with Crippen LogP contribution in [0.1, 0.15) is 41.5 Å². The smallest absolute Gasteiger partial charge is 0.305 e. The highest BCUT2D eigenvalue weighted by molar-refractivity contribution is 9.10. The molecule has 0 bridgehead atoms. The minimum atomic E-state index is -0.403. The van der Waals surface area contributed by atoms with Gasteiger partial charge in [-0.3, -0.25) is 24.3 Å². The average molecular weight is 549 g/mol. The molecule has 1 aliphatic rings. The molecule has 1 aromatic carbocycles. The van der Waals surface area contributed by atoms with E-state index < -0.39 is 6.04 Å². The maximum atomic E-state index is 12.0. The van der Waals surface area contributed by atoms with Gasteiger partial charge in [0.15, 0.2) is 11.0 Å². The lowest BCUT2D eigenvalue weighted by Crippen LogP contribution is -2.09. The Morgan fingerprint density at radius 3 is 2.74 bits per heavy atom. The predicted octanol–water partition coefficient (Wildman–Crippen LogP) is 4.96. The summed E-state index contributed by atoms with van der Waals surface area (Å²) in [5, 5.41) is 9.82. The van der Waals surface area contributed by atoms with E-state index in [1.807, 2.05) is 48.5 Å². The van der Waals surface area contributed by atoms with Crippen LogP contribution in [0, 0.1) is 0 Å². The predicted molar refractivity (Wildman–Crippen MR) is 137 cm³/mol. The molecule has 0 fully saturated rings. The Morgan fingerprint density at radius 2 is 1.97 bits per heavy atom. The monoisotopic (exact) mass is 548 g/mol. The Hall–Kier alpha value is -3.37. The summed E-state index contributed by atoms with van der Waals surface area (Å²) in [6.07, 6.45) is 5.96. The number of hydrogen-bond acceptors (Lipinski definition) is 8. The number of halogens is 1. The zero-order valence-electron chi connectivity index (χ0n) is 18.8. The number of hydrogen-bond donors (Lipinski definition) is 0. The first-order valence-corrected chi connectivity index (χ1v) is 12.7. The van der Waals surface area contributed by atoms with E-state index >= 15 is 0 Å². The van der Waals surface area contributed by atoms with Crippen LogP contribution in [-0.2, 0) is 15.3 Å². The van der Waals surface area contributed by atoms with E-state index in [9.17, 15) is 4.79 Å². The number of esters is 1. The summed E-state index contributed by atoms with van der Waals surface area (Å²) in [6.45, 7) is 0. The lowest BCUT2D eigenvalue weighted by atomic mass is 10.0. The van der Waals surface area contributed by atoms with Crippen LogP contribution in [0.5, 0.6) is 0 Å². The van der Waals surface area contributed by atoms with Gasteiger partial charge in [-0.05, 0) is 54.4 Å². The molecule has 4 heterocycles. The molecule has 176 valence electrons. The van der Waals surface area contributed by atoms with Gasteiger partial charge in [0, 0.05) is 40.8 Å². The SMILES string of the molecule is COC(=O)CC[C@@H]1N=C(c2ccccn2)c2cc(Br)ccc2-n2c(SCc3ccncc3)nnc21. The number of carbonyl (C=O) groups excluding carboxylic acids is 1. The molecule has 0 unspecified atom stereocenters. The number of thioether (sulfide) groups is 1. The summed E-state index contributed by atoms with van der Waals surface area (Å²) in [5.41, 5.74) is 4.45. The maximum absolute atomic E-state index is 12.0. The zero-order chi connectivity index (χ0) is 24.2. The summed E-state index contributed by atoms with van der Waals surface area (Å²) in [5.74, 6) is 1.11. The van der Waals surface area contributed by atoms with E-state index in [0.717, 1.165) is 37.8 Å². The summed E-state index contributed by atoms with van der Waals surface area (Å²) in [6, 6.07) is 15.4. The summed E-state index contributed by atoms with van der Waals surface area (Å²) in [7, 11) is 1.39. The number of carbonyl (C=O) groups is 1. The molecule has 0 saturated heterocycles. The minimum absolute atomic E-state index is 0.215. The van der Waals surface area contributed by atoms with Crippen LogP contribution in [0.3, 0.4) is 0 Å². The van der Waals surface area contributed by atoms with Gasteiger partial charge in [-0.2, -0.15) is 0 Å². The van der Waals surface area contributed by atoms with Gasteiger partial charge >= 0.3 is 5.97 Å². The third-order valence-corrected chi connectivity index (χ3v) is 7.06. The van der Waals surface area contributed by atoms with Gasteiger partial charge in [-0.25, -0.2) is 0 Å². The molecule has 0 aliphatic carbocycles. The quantitative estimate of drug-likeness (QED) is 0.238. The first-order chi connectivity index (χ1) is 17.1. The number of fused-ring (bicyclic) bond motifs is 3. The van der Waals surface area contributed by atoms with Crippen LogP contribution >= 0.6 is 27.7 Å². The molecule has 0 N–H and O–H groups in total. The first-order valence-electron chi connectivity index (χ1n) is 11.0. The molecule has 3 aromatic heterocycles. The number of aromatic nitrogens is 5. The molecule has 10 heteroatoms. The molecule has 4 aromatic rings. The van der Waals surface area contributed by atoms with Gasteiger partial charge in [0.1, 0.15) is 6.04 Å². The largest absolute Gasteiger partial charge is 0.469 e. The molecular weight excluding hydrogens is 528 g/mol. The van der Waals surface area contributed by atoms with Crippen molar-refractivity contribution in [2.24, 2.45) is 4.99 Å². The summed E-state index contributed by atoms with van der Waals surface area (Å²) < 4.78 is 7.86. The van der Waals surface area contributed by atoms with Crippen LogP contribution in [0.25, 0.3) is 5.69 Å². The fraction of sp³-hybridized carbons (Fsp3) is 0.200. The maximum Gasteiger partial charge on any atom is 0.305 e. The van der Waals surface area contributed by atoms with E-state index in [1.54, 1.807) is 30.4 Å². The van der Waals surface area contributed by atoms with Crippen LogP contribution in [0.15, 0.2) is 81.7 Å². The topological polar surface area (TPSA) is 95.2 Å². The fourth-order valence-corrected chi connectivity index (χ4v) is 5.15. The Morgan fingerprint density at radius 1 is 1.11 bits per heavy atom. The molecule has 0 amide bonds. The molecule has 8 nitrogen and oxygen atoms in total. The Balaban J connectivity index is 1.63. The molecule has 0 spiro atoms. The number of methoxy groups -OCH3 is 1. The third-order valence-electron chi connectivity index (χ3n) is 5.57. The van der Waals surface area contributed by atoms with E-state index in [0.29, 0.717) is 18.0 Å². The summed E-state index contributed by atoms with van der Waals surface area (Å²) >= 11 is 5.20. The van der Waals surface area contributed by atoms with Crippen molar-refractivity contribution in [3.8, 4) is 5.69 Å². The zero-order valence-corrected chi connectivity index (χ0v) is 21.2.